The molecule has 0 bridgehead atoms. The highest BCUT2D eigenvalue weighted by Gasteiger charge is 2.15. The van der Waals surface area contributed by atoms with Gasteiger partial charge in [-0.25, -0.2) is 5.43 Å². The number of benzene rings is 2. The molecular weight excluding hydrogens is 336 g/mol. The van der Waals surface area contributed by atoms with Crippen LogP contribution in [0.3, 0.4) is 0 Å². The molecule has 130 valence electrons. The van der Waals surface area contributed by atoms with E-state index in [0.29, 0.717) is 24.7 Å². The van der Waals surface area contributed by atoms with E-state index in [9.17, 15) is 4.79 Å². The zero-order valence-corrected chi connectivity index (χ0v) is 15.0. The van der Waals surface area contributed by atoms with Crippen molar-refractivity contribution in [3.05, 3.63) is 54.1 Å². The van der Waals surface area contributed by atoms with Gasteiger partial charge in [0.15, 0.2) is 11.5 Å². The van der Waals surface area contributed by atoms with Gasteiger partial charge in [-0.2, -0.15) is 5.10 Å². The summed E-state index contributed by atoms with van der Waals surface area (Å²) in [5, 5.41) is 3.98. The van der Waals surface area contributed by atoms with Crippen molar-refractivity contribution in [2.45, 2.75) is 24.0 Å². The van der Waals surface area contributed by atoms with E-state index in [0.717, 1.165) is 16.2 Å². The Labute approximate surface area is 151 Å². The van der Waals surface area contributed by atoms with Crippen LogP contribution in [0.15, 0.2) is 58.5 Å². The second-order valence-corrected chi connectivity index (χ2v) is 7.02. The highest BCUT2D eigenvalue weighted by molar-refractivity contribution is 8.00. The van der Waals surface area contributed by atoms with Crippen molar-refractivity contribution in [1.82, 2.24) is 5.43 Å². The van der Waals surface area contributed by atoms with E-state index in [1.54, 1.807) is 0 Å². The van der Waals surface area contributed by atoms with Crippen molar-refractivity contribution in [1.29, 1.82) is 0 Å². The van der Waals surface area contributed by atoms with Crippen molar-refractivity contribution in [3.63, 3.8) is 0 Å². The number of rotatable bonds is 5. The van der Waals surface area contributed by atoms with E-state index < -0.39 is 0 Å². The van der Waals surface area contributed by atoms with E-state index in [1.165, 1.54) is 11.8 Å². The summed E-state index contributed by atoms with van der Waals surface area (Å²) in [5.74, 6) is 1.31. The summed E-state index contributed by atoms with van der Waals surface area (Å²) in [6, 6.07) is 15.5. The number of hydrogen-bond acceptors (Lipinski definition) is 5. The number of nitrogens with one attached hydrogen (secondary N) is 1. The molecule has 0 unspecified atom stereocenters. The number of ether oxygens (including phenoxy) is 2. The molecule has 1 N–H and O–H groups in total. The molecule has 0 fully saturated rings. The Bertz CT molecular complexity index is 777. The molecule has 0 saturated carbocycles. The highest BCUT2D eigenvalue weighted by Crippen LogP contribution is 2.30. The maximum atomic E-state index is 12.2. The third-order valence-electron chi connectivity index (χ3n) is 3.72. The monoisotopic (exact) mass is 356 g/mol. The van der Waals surface area contributed by atoms with Gasteiger partial charge in [-0.05, 0) is 44.2 Å². The smallest absolute Gasteiger partial charge is 0.253 e. The van der Waals surface area contributed by atoms with Gasteiger partial charge in [0.1, 0.15) is 13.2 Å². The summed E-state index contributed by atoms with van der Waals surface area (Å²) in [6.45, 7) is 4.81. The Kier molecular flexibility index (Phi) is 5.60. The van der Waals surface area contributed by atoms with E-state index in [-0.39, 0.29) is 11.2 Å². The van der Waals surface area contributed by atoms with E-state index in [1.807, 2.05) is 62.4 Å². The van der Waals surface area contributed by atoms with Crippen LogP contribution in [-0.2, 0) is 4.79 Å². The predicted octanol–water partition coefficient (Wildman–Crippen LogP) is 3.48. The number of amides is 1. The summed E-state index contributed by atoms with van der Waals surface area (Å²) < 4.78 is 11.1. The molecular formula is C19H20N2O3S. The third-order valence-corrected chi connectivity index (χ3v) is 4.83. The maximum Gasteiger partial charge on any atom is 0.253 e. The molecule has 0 aromatic heterocycles. The molecule has 0 spiro atoms. The zero-order valence-electron chi connectivity index (χ0n) is 14.2. The Morgan fingerprint density at radius 3 is 2.60 bits per heavy atom. The lowest BCUT2D eigenvalue weighted by Gasteiger charge is -2.18. The predicted molar refractivity (Wildman–Crippen MR) is 99.5 cm³/mol. The van der Waals surface area contributed by atoms with Crippen LogP contribution in [0.4, 0.5) is 0 Å². The third kappa shape index (κ3) is 4.54. The molecule has 2 aromatic carbocycles. The van der Waals surface area contributed by atoms with Crippen molar-refractivity contribution >= 4 is 23.4 Å². The standard InChI is InChI=1S/C19H20N2O3S/c1-13(15-8-9-17-18(12-15)24-11-10-23-17)20-21-19(22)14(2)25-16-6-4-3-5-7-16/h3-9,12,14H,10-11H2,1-2H3,(H,21,22)/b20-13-/t14-/m0/s1. The lowest BCUT2D eigenvalue weighted by Crippen LogP contribution is -2.27. The number of thioether (sulfide) groups is 1. The molecule has 1 aliphatic rings. The first-order valence-corrected chi connectivity index (χ1v) is 8.97. The molecule has 1 aliphatic heterocycles. The van der Waals surface area contributed by atoms with Gasteiger partial charge in [-0.15, -0.1) is 11.8 Å². The molecule has 0 aliphatic carbocycles. The number of fused-ring (bicyclic) bond motifs is 1. The van der Waals surface area contributed by atoms with Crippen molar-refractivity contribution < 1.29 is 14.3 Å². The molecule has 1 heterocycles. The van der Waals surface area contributed by atoms with Crippen LogP contribution in [0.2, 0.25) is 0 Å². The van der Waals surface area contributed by atoms with E-state index in [2.05, 4.69) is 10.5 Å². The zero-order chi connectivity index (χ0) is 17.6. The van der Waals surface area contributed by atoms with Crippen molar-refractivity contribution in [2.75, 3.05) is 13.2 Å². The van der Waals surface area contributed by atoms with E-state index >= 15 is 0 Å². The molecule has 3 rings (SSSR count). The summed E-state index contributed by atoms with van der Waals surface area (Å²) in [5.41, 5.74) is 4.23. The fourth-order valence-corrected chi connectivity index (χ4v) is 3.20. The quantitative estimate of drug-likeness (QED) is 0.506. The minimum atomic E-state index is -0.237. The summed E-state index contributed by atoms with van der Waals surface area (Å²) >= 11 is 1.50. The fraction of sp³-hybridized carbons (Fsp3) is 0.263. The van der Waals surface area contributed by atoms with E-state index in [4.69, 9.17) is 9.47 Å². The van der Waals surface area contributed by atoms with Crippen molar-refractivity contribution in [2.24, 2.45) is 5.10 Å². The summed E-state index contributed by atoms with van der Waals surface area (Å²) in [6.07, 6.45) is 0. The number of carbonyl (C=O) groups excluding carboxylic acids is 1. The van der Waals surface area contributed by atoms with Gasteiger partial charge in [0.05, 0.1) is 11.0 Å². The van der Waals surface area contributed by atoms with Gasteiger partial charge >= 0.3 is 0 Å². The van der Waals surface area contributed by atoms with Crippen molar-refractivity contribution in [3.8, 4) is 11.5 Å². The lowest BCUT2D eigenvalue weighted by molar-refractivity contribution is -0.120. The maximum absolute atomic E-state index is 12.2. The molecule has 25 heavy (non-hydrogen) atoms. The average Bonchev–Trinajstić information content (AvgIpc) is 2.66. The van der Waals surface area contributed by atoms with Crippen LogP contribution in [0.25, 0.3) is 0 Å². The SMILES string of the molecule is C/C(=N/NC(=O)[C@H](C)Sc1ccccc1)c1ccc2c(c1)OCCO2. The fourth-order valence-electron chi connectivity index (χ4n) is 2.32. The molecule has 5 nitrogen and oxygen atoms in total. The Morgan fingerprint density at radius 2 is 1.84 bits per heavy atom. The average molecular weight is 356 g/mol. The van der Waals surface area contributed by atoms with Crippen LogP contribution < -0.4 is 14.9 Å². The molecule has 2 aromatic rings. The largest absolute Gasteiger partial charge is 0.486 e. The molecule has 0 saturated heterocycles. The van der Waals surface area contributed by atoms with Crippen LogP contribution in [-0.4, -0.2) is 30.1 Å². The Hall–Kier alpha value is -2.47. The number of hydrazone groups is 1. The normalized spacial score (nSPS) is 14.7. The van der Waals surface area contributed by atoms with Gasteiger partial charge in [0.25, 0.3) is 5.91 Å². The minimum Gasteiger partial charge on any atom is -0.486 e. The second-order valence-electron chi connectivity index (χ2n) is 5.60. The van der Waals surface area contributed by atoms with Crippen LogP contribution >= 0.6 is 11.8 Å². The first-order valence-electron chi connectivity index (χ1n) is 8.09. The molecule has 1 atom stereocenters. The topological polar surface area (TPSA) is 59.9 Å². The van der Waals surface area contributed by atoms with Gasteiger partial charge in [0.2, 0.25) is 0 Å². The number of carbonyl (C=O) groups is 1. The Balaban J connectivity index is 1.61. The molecule has 6 heteroatoms. The van der Waals surface area contributed by atoms with Gasteiger partial charge in [-0.1, -0.05) is 18.2 Å². The van der Waals surface area contributed by atoms with Crippen LogP contribution in [0.1, 0.15) is 19.4 Å². The minimum absolute atomic E-state index is 0.134. The lowest BCUT2D eigenvalue weighted by atomic mass is 10.1. The number of nitrogens with zero attached hydrogens (tertiary/aromatic N) is 1. The van der Waals surface area contributed by atoms with Gasteiger partial charge in [-0.3, -0.25) is 4.79 Å². The first-order chi connectivity index (χ1) is 12.1. The molecule has 0 radical (unpaired) electrons. The first kappa shape index (κ1) is 17.4. The summed E-state index contributed by atoms with van der Waals surface area (Å²) in [7, 11) is 0. The van der Waals surface area contributed by atoms with Crippen LogP contribution in [0.5, 0.6) is 11.5 Å². The van der Waals surface area contributed by atoms with Gasteiger partial charge < -0.3 is 9.47 Å². The van der Waals surface area contributed by atoms with Gasteiger partial charge in [0, 0.05) is 10.5 Å². The summed E-state index contributed by atoms with van der Waals surface area (Å²) in [4.78, 5) is 13.3. The second kappa shape index (κ2) is 8.07. The Morgan fingerprint density at radius 1 is 1.12 bits per heavy atom. The number of hydrogen-bond donors (Lipinski definition) is 1. The highest BCUT2D eigenvalue weighted by atomic mass is 32.2. The van der Waals surface area contributed by atoms with Crippen LogP contribution in [0, 0.1) is 0 Å². The molecule has 1 amide bonds.